The van der Waals surface area contributed by atoms with Crippen molar-refractivity contribution in [2.75, 3.05) is 19.7 Å². The number of aromatic nitrogens is 2. The van der Waals surface area contributed by atoms with E-state index in [2.05, 4.69) is 9.97 Å². The van der Waals surface area contributed by atoms with Crippen LogP contribution in [0.1, 0.15) is 18.4 Å². The summed E-state index contributed by atoms with van der Waals surface area (Å²) in [5, 5.41) is 0. The molecule has 0 spiro atoms. The number of nitrogens with zero attached hydrogens (tertiary/aromatic N) is 3. The summed E-state index contributed by atoms with van der Waals surface area (Å²) in [6, 6.07) is 26.1. The van der Waals surface area contributed by atoms with Gasteiger partial charge in [0.1, 0.15) is 23.4 Å². The third-order valence-electron chi connectivity index (χ3n) is 6.09. The van der Waals surface area contributed by atoms with Gasteiger partial charge in [-0.15, -0.1) is 0 Å². The lowest BCUT2D eigenvalue weighted by Gasteiger charge is -2.31. The summed E-state index contributed by atoms with van der Waals surface area (Å²) in [4.78, 5) is 22.7. The first kappa shape index (κ1) is 25.1. The molecule has 0 bridgehead atoms. The first-order chi connectivity index (χ1) is 18.7. The predicted molar refractivity (Wildman–Crippen MR) is 142 cm³/mol. The second kappa shape index (κ2) is 12.6. The molecule has 2 aromatic carbocycles. The topological polar surface area (TPSA) is 83.0 Å². The largest absolute Gasteiger partial charge is 0.490 e. The average molecular weight is 512 g/mol. The van der Waals surface area contributed by atoms with Gasteiger partial charge in [0, 0.05) is 56.9 Å². The number of piperidine rings is 1. The van der Waals surface area contributed by atoms with E-state index in [1.165, 1.54) is 0 Å². The molecule has 0 radical (unpaired) electrons. The van der Waals surface area contributed by atoms with Crippen LogP contribution >= 0.6 is 0 Å². The summed E-state index contributed by atoms with van der Waals surface area (Å²) < 4.78 is 23.1. The minimum absolute atomic E-state index is 0.0363. The van der Waals surface area contributed by atoms with Crippen LogP contribution in [-0.2, 0) is 6.42 Å². The van der Waals surface area contributed by atoms with E-state index in [-0.39, 0.29) is 12.2 Å². The molecule has 0 atom stereocenters. The molecular weight excluding hydrogens is 482 g/mol. The second-order valence-electron chi connectivity index (χ2n) is 8.82. The van der Waals surface area contributed by atoms with Crippen molar-refractivity contribution < 1.29 is 23.7 Å². The zero-order valence-corrected chi connectivity index (χ0v) is 20.9. The normalized spacial score (nSPS) is 13.5. The van der Waals surface area contributed by atoms with E-state index < -0.39 is 0 Å². The lowest BCUT2D eigenvalue weighted by Crippen LogP contribution is -2.43. The van der Waals surface area contributed by atoms with Crippen molar-refractivity contribution >= 4 is 6.09 Å². The smallest absolute Gasteiger partial charge is 0.415 e. The number of benzene rings is 2. The zero-order valence-electron chi connectivity index (χ0n) is 20.9. The fourth-order valence-electron chi connectivity index (χ4n) is 4.06. The maximum atomic E-state index is 12.7. The lowest BCUT2D eigenvalue weighted by molar-refractivity contribution is 0.0930. The molecule has 1 saturated heterocycles. The van der Waals surface area contributed by atoms with Crippen LogP contribution in [0.25, 0.3) is 0 Å². The number of amides is 1. The van der Waals surface area contributed by atoms with Crippen molar-refractivity contribution in [2.24, 2.45) is 0 Å². The van der Waals surface area contributed by atoms with Crippen molar-refractivity contribution in [1.82, 2.24) is 14.9 Å². The van der Waals surface area contributed by atoms with E-state index in [0.29, 0.717) is 43.0 Å². The van der Waals surface area contributed by atoms with Gasteiger partial charge in [-0.05, 0) is 54.1 Å². The molecule has 38 heavy (non-hydrogen) atoms. The van der Waals surface area contributed by atoms with Gasteiger partial charge in [-0.2, -0.15) is 0 Å². The highest BCUT2D eigenvalue weighted by atomic mass is 16.6. The lowest BCUT2D eigenvalue weighted by atomic mass is 10.1. The van der Waals surface area contributed by atoms with Gasteiger partial charge in [0.2, 0.25) is 11.8 Å². The van der Waals surface area contributed by atoms with E-state index in [0.717, 1.165) is 30.6 Å². The summed E-state index contributed by atoms with van der Waals surface area (Å²) in [6.45, 7) is 1.68. The van der Waals surface area contributed by atoms with Gasteiger partial charge < -0.3 is 23.8 Å². The molecular formula is C30H29N3O5. The maximum absolute atomic E-state index is 12.7. The molecule has 0 saturated carbocycles. The van der Waals surface area contributed by atoms with Gasteiger partial charge in [-0.25, -0.2) is 14.8 Å². The zero-order chi connectivity index (χ0) is 26.0. The highest BCUT2D eigenvalue weighted by Crippen LogP contribution is 2.25. The van der Waals surface area contributed by atoms with Crippen molar-refractivity contribution in [3.05, 3.63) is 103 Å². The Morgan fingerprint density at radius 3 is 2.05 bits per heavy atom. The van der Waals surface area contributed by atoms with Crippen LogP contribution < -0.4 is 18.9 Å². The van der Waals surface area contributed by atoms with Crippen LogP contribution in [0.4, 0.5) is 4.79 Å². The Morgan fingerprint density at radius 2 is 1.39 bits per heavy atom. The number of hydrogen-bond donors (Lipinski definition) is 0. The number of carbonyl (C=O) groups excluding carboxylic acids is 1. The quantitative estimate of drug-likeness (QED) is 0.275. The Balaban J connectivity index is 1.02. The van der Waals surface area contributed by atoms with E-state index >= 15 is 0 Å². The standard InChI is InChI=1S/C30H29N3O5/c34-30(38-26-9-7-23(8-10-26)17-22-35-28-5-1-3-18-31-28)33-20-15-27(16-21-33)36-24-11-13-25(14-12-24)37-29-6-2-4-19-32-29/h1-14,18-19,27H,15-17,20-22H2. The summed E-state index contributed by atoms with van der Waals surface area (Å²) in [5.74, 6) is 3.14. The molecule has 1 fully saturated rings. The molecule has 0 aliphatic carbocycles. The minimum atomic E-state index is -0.342. The van der Waals surface area contributed by atoms with E-state index in [9.17, 15) is 4.79 Å². The Kier molecular flexibility index (Phi) is 8.30. The molecule has 5 rings (SSSR count). The summed E-state index contributed by atoms with van der Waals surface area (Å²) in [7, 11) is 0. The first-order valence-electron chi connectivity index (χ1n) is 12.7. The highest BCUT2D eigenvalue weighted by molar-refractivity contribution is 5.70. The Labute approximate surface area is 221 Å². The number of ether oxygens (including phenoxy) is 4. The number of carbonyl (C=O) groups is 1. The van der Waals surface area contributed by atoms with E-state index in [1.807, 2.05) is 78.9 Å². The predicted octanol–water partition coefficient (Wildman–Crippen LogP) is 5.93. The molecule has 4 aromatic rings. The second-order valence-corrected chi connectivity index (χ2v) is 8.82. The molecule has 3 heterocycles. The number of likely N-dealkylation sites (tertiary alicyclic amines) is 1. The summed E-state index contributed by atoms with van der Waals surface area (Å²) in [5.41, 5.74) is 1.09. The molecule has 2 aromatic heterocycles. The van der Waals surface area contributed by atoms with Crippen molar-refractivity contribution in [3.63, 3.8) is 0 Å². The Hall–Kier alpha value is -4.59. The van der Waals surface area contributed by atoms with E-state index in [4.69, 9.17) is 18.9 Å². The molecule has 1 amide bonds. The van der Waals surface area contributed by atoms with Crippen LogP contribution in [0.15, 0.2) is 97.3 Å². The summed E-state index contributed by atoms with van der Waals surface area (Å²) >= 11 is 0. The van der Waals surface area contributed by atoms with E-state index in [1.54, 1.807) is 23.4 Å². The molecule has 8 nitrogen and oxygen atoms in total. The van der Waals surface area contributed by atoms with Gasteiger partial charge in [0.25, 0.3) is 0 Å². The minimum Gasteiger partial charge on any atom is -0.490 e. The monoisotopic (exact) mass is 511 g/mol. The number of rotatable bonds is 9. The number of hydrogen-bond acceptors (Lipinski definition) is 7. The Morgan fingerprint density at radius 1 is 0.763 bits per heavy atom. The van der Waals surface area contributed by atoms with Crippen LogP contribution in [0.5, 0.6) is 29.0 Å². The van der Waals surface area contributed by atoms with Crippen molar-refractivity contribution in [3.8, 4) is 29.0 Å². The molecule has 8 heteroatoms. The van der Waals surface area contributed by atoms with Crippen LogP contribution in [0.2, 0.25) is 0 Å². The fourth-order valence-corrected chi connectivity index (χ4v) is 4.06. The van der Waals surface area contributed by atoms with Gasteiger partial charge in [0.05, 0.1) is 6.61 Å². The summed E-state index contributed by atoms with van der Waals surface area (Å²) in [6.07, 6.45) is 5.28. The highest BCUT2D eigenvalue weighted by Gasteiger charge is 2.25. The third-order valence-corrected chi connectivity index (χ3v) is 6.09. The van der Waals surface area contributed by atoms with Gasteiger partial charge in [-0.1, -0.05) is 24.3 Å². The van der Waals surface area contributed by atoms with Crippen molar-refractivity contribution in [2.45, 2.75) is 25.4 Å². The Bertz CT molecular complexity index is 1280. The van der Waals surface area contributed by atoms with Crippen LogP contribution in [0, 0.1) is 0 Å². The average Bonchev–Trinajstić information content (AvgIpc) is 2.96. The maximum Gasteiger partial charge on any atom is 0.415 e. The molecule has 1 aliphatic heterocycles. The van der Waals surface area contributed by atoms with Gasteiger partial charge >= 0.3 is 6.09 Å². The van der Waals surface area contributed by atoms with Crippen LogP contribution in [-0.4, -0.2) is 46.8 Å². The molecule has 1 aliphatic rings. The SMILES string of the molecule is O=C(Oc1ccc(CCOc2ccccn2)cc1)N1CCC(Oc2ccc(Oc3ccccn3)cc2)CC1. The van der Waals surface area contributed by atoms with Gasteiger partial charge in [0.15, 0.2) is 0 Å². The molecule has 194 valence electrons. The molecule has 0 unspecified atom stereocenters. The molecule has 0 N–H and O–H groups in total. The first-order valence-corrected chi connectivity index (χ1v) is 12.7. The van der Waals surface area contributed by atoms with Crippen LogP contribution in [0.3, 0.4) is 0 Å². The van der Waals surface area contributed by atoms with Crippen molar-refractivity contribution in [1.29, 1.82) is 0 Å². The number of pyridine rings is 2. The fraction of sp³-hybridized carbons (Fsp3) is 0.233. The van der Waals surface area contributed by atoms with Gasteiger partial charge in [-0.3, -0.25) is 0 Å². The third kappa shape index (κ3) is 7.22.